The molecule has 3 amide bonds. The molecule has 2 aliphatic rings. The highest BCUT2D eigenvalue weighted by molar-refractivity contribution is 7.21. The number of amides is 3. The Morgan fingerprint density at radius 1 is 1.30 bits per heavy atom. The second kappa shape index (κ2) is 8.19. The molecule has 0 radical (unpaired) electrons. The van der Waals surface area contributed by atoms with Gasteiger partial charge in [0.25, 0.3) is 5.91 Å². The van der Waals surface area contributed by atoms with Gasteiger partial charge in [-0.05, 0) is 37.6 Å². The number of nitrogens with zero attached hydrogens (tertiary/aromatic N) is 2. The molecule has 5 rings (SSSR count). The number of ether oxygens (including phenoxy) is 1. The van der Waals surface area contributed by atoms with E-state index in [1.807, 2.05) is 0 Å². The zero-order chi connectivity index (χ0) is 23.2. The Balaban J connectivity index is 1.52. The molecule has 172 valence electrons. The number of thiophene rings is 1. The predicted molar refractivity (Wildman–Crippen MR) is 117 cm³/mol. The van der Waals surface area contributed by atoms with E-state index in [0.29, 0.717) is 33.0 Å². The monoisotopic (exact) mass is 477 g/mol. The number of carbonyl (C=O) groups is 2. The molecule has 12 heteroatoms. The van der Waals surface area contributed by atoms with Crippen LogP contribution in [0.3, 0.4) is 0 Å². The molecule has 0 saturated carbocycles. The third-order valence-electron chi connectivity index (χ3n) is 5.39. The third-order valence-corrected chi connectivity index (χ3v) is 6.49. The summed E-state index contributed by atoms with van der Waals surface area (Å²) in [5, 5.41) is 9.51. The lowest BCUT2D eigenvalue weighted by atomic mass is 10.1. The lowest BCUT2D eigenvalue weighted by Crippen LogP contribution is -2.45. The van der Waals surface area contributed by atoms with E-state index < -0.39 is 18.1 Å². The molecule has 1 aromatic carbocycles. The number of halogens is 3. The largest absolute Gasteiger partial charge is 0.573 e. The van der Waals surface area contributed by atoms with Crippen molar-refractivity contribution in [1.82, 2.24) is 15.6 Å². The first kappa shape index (κ1) is 21.5. The number of anilines is 3. The van der Waals surface area contributed by atoms with Crippen molar-refractivity contribution < 1.29 is 27.5 Å². The van der Waals surface area contributed by atoms with Crippen molar-refractivity contribution in [3.63, 3.8) is 0 Å². The maximum atomic E-state index is 13.1. The number of urea groups is 1. The number of alkyl halides is 3. The maximum Gasteiger partial charge on any atom is 0.573 e. The fourth-order valence-electron chi connectivity index (χ4n) is 4.05. The number of rotatable bonds is 4. The van der Waals surface area contributed by atoms with Gasteiger partial charge in [0, 0.05) is 24.8 Å². The van der Waals surface area contributed by atoms with E-state index in [2.05, 4.69) is 25.7 Å². The molecule has 3 aromatic rings. The highest BCUT2D eigenvalue weighted by Gasteiger charge is 2.34. The molecule has 1 atom stereocenters. The summed E-state index contributed by atoms with van der Waals surface area (Å²) in [5.74, 6) is -0.752. The van der Waals surface area contributed by atoms with Crippen molar-refractivity contribution in [3.05, 3.63) is 41.4 Å². The van der Waals surface area contributed by atoms with Crippen molar-refractivity contribution in [2.45, 2.75) is 25.2 Å². The van der Waals surface area contributed by atoms with Gasteiger partial charge < -0.3 is 20.7 Å². The fourth-order valence-corrected chi connectivity index (χ4v) is 5.07. The van der Waals surface area contributed by atoms with Gasteiger partial charge >= 0.3 is 12.4 Å². The molecule has 1 saturated heterocycles. The smallest absolute Gasteiger partial charge is 0.406 e. The molecule has 8 nitrogen and oxygen atoms in total. The number of pyridine rings is 1. The lowest BCUT2D eigenvalue weighted by molar-refractivity contribution is -0.274. The van der Waals surface area contributed by atoms with E-state index in [4.69, 9.17) is 0 Å². The molecule has 0 aliphatic carbocycles. The average Bonchev–Trinajstić information content (AvgIpc) is 3.13. The molecule has 33 heavy (non-hydrogen) atoms. The van der Waals surface area contributed by atoms with Gasteiger partial charge in [-0.15, -0.1) is 24.5 Å². The highest BCUT2D eigenvalue weighted by atomic mass is 32.1. The van der Waals surface area contributed by atoms with Crippen LogP contribution in [0.25, 0.3) is 10.2 Å². The first-order valence-electron chi connectivity index (χ1n) is 10.2. The number of nitrogens with one attached hydrogen (secondary N) is 3. The Labute approximate surface area is 189 Å². The minimum atomic E-state index is -4.86. The molecule has 2 aliphatic heterocycles. The molecule has 3 N–H and O–H groups in total. The average molecular weight is 477 g/mol. The normalized spacial score (nSPS) is 18.2. The summed E-state index contributed by atoms with van der Waals surface area (Å²) in [6.07, 6.45) is -1.55. The quantitative estimate of drug-likeness (QED) is 0.519. The first-order chi connectivity index (χ1) is 15.8. The first-order valence-corrected chi connectivity index (χ1v) is 11.0. The Morgan fingerprint density at radius 3 is 2.91 bits per heavy atom. The summed E-state index contributed by atoms with van der Waals surface area (Å²) in [6.45, 7) is 1.58. The van der Waals surface area contributed by atoms with Crippen LogP contribution < -0.4 is 25.6 Å². The number of benzene rings is 1. The molecule has 4 heterocycles. The van der Waals surface area contributed by atoms with Crippen LogP contribution in [-0.2, 0) is 0 Å². The summed E-state index contributed by atoms with van der Waals surface area (Å²) >= 11 is 1.15. The van der Waals surface area contributed by atoms with Gasteiger partial charge in [0.1, 0.15) is 15.5 Å². The summed E-state index contributed by atoms with van der Waals surface area (Å²) in [4.78, 5) is 32.5. The Kier molecular flexibility index (Phi) is 5.33. The number of hydrogen-bond donors (Lipinski definition) is 3. The zero-order valence-corrected chi connectivity index (χ0v) is 17.8. The molecular formula is C21H18F3N5O3S. The van der Waals surface area contributed by atoms with Gasteiger partial charge in [-0.3, -0.25) is 9.69 Å². The van der Waals surface area contributed by atoms with Gasteiger partial charge in [0.15, 0.2) is 0 Å². The van der Waals surface area contributed by atoms with Crippen molar-refractivity contribution in [1.29, 1.82) is 0 Å². The SMILES string of the molecule is O=C(NC1CCCNC1)c1sc2nccc3c2c1NC(=O)N3c1cccc(OC(F)(F)F)c1. The van der Waals surface area contributed by atoms with Gasteiger partial charge in [0.2, 0.25) is 0 Å². The number of hydrogen-bond acceptors (Lipinski definition) is 6. The summed E-state index contributed by atoms with van der Waals surface area (Å²) in [7, 11) is 0. The molecular weight excluding hydrogens is 459 g/mol. The Bertz CT molecular complexity index is 1240. The van der Waals surface area contributed by atoms with E-state index in [1.54, 1.807) is 6.07 Å². The van der Waals surface area contributed by atoms with Gasteiger partial charge in [-0.1, -0.05) is 6.07 Å². The van der Waals surface area contributed by atoms with Crippen LogP contribution in [0.15, 0.2) is 36.5 Å². The minimum Gasteiger partial charge on any atom is -0.406 e. The lowest BCUT2D eigenvalue weighted by Gasteiger charge is -2.29. The number of aromatic nitrogens is 1. The van der Waals surface area contributed by atoms with Crippen molar-refractivity contribution in [2.24, 2.45) is 0 Å². The van der Waals surface area contributed by atoms with E-state index in [-0.39, 0.29) is 17.6 Å². The molecule has 1 fully saturated rings. The van der Waals surface area contributed by atoms with Crippen LogP contribution in [0.5, 0.6) is 5.75 Å². The van der Waals surface area contributed by atoms with Crippen molar-refractivity contribution in [2.75, 3.05) is 23.3 Å². The topological polar surface area (TPSA) is 95.6 Å². The molecule has 0 bridgehead atoms. The molecule has 0 spiro atoms. The minimum absolute atomic E-state index is 0.0109. The van der Waals surface area contributed by atoms with Crippen LogP contribution in [-0.4, -0.2) is 42.4 Å². The fraction of sp³-hybridized carbons (Fsp3) is 0.286. The van der Waals surface area contributed by atoms with Crippen LogP contribution in [0.4, 0.5) is 35.0 Å². The van der Waals surface area contributed by atoms with Crippen LogP contribution >= 0.6 is 11.3 Å². The summed E-state index contributed by atoms with van der Waals surface area (Å²) < 4.78 is 42.0. The number of carbonyl (C=O) groups excluding carboxylic acids is 2. The van der Waals surface area contributed by atoms with Gasteiger partial charge in [-0.25, -0.2) is 9.78 Å². The van der Waals surface area contributed by atoms with Gasteiger partial charge in [-0.2, -0.15) is 0 Å². The molecule has 2 aromatic heterocycles. The van der Waals surface area contributed by atoms with Crippen LogP contribution in [0, 0.1) is 0 Å². The van der Waals surface area contributed by atoms with Crippen LogP contribution in [0.1, 0.15) is 22.5 Å². The zero-order valence-electron chi connectivity index (χ0n) is 17.0. The maximum absolute atomic E-state index is 13.1. The van der Waals surface area contributed by atoms with Crippen molar-refractivity contribution >= 4 is 50.6 Å². The Hall–Kier alpha value is -3.38. The summed E-state index contributed by atoms with van der Waals surface area (Å²) in [5.41, 5.74) is 0.943. The van der Waals surface area contributed by atoms with Crippen molar-refractivity contribution in [3.8, 4) is 5.75 Å². The third kappa shape index (κ3) is 4.18. The summed E-state index contributed by atoms with van der Waals surface area (Å²) in [6, 6.07) is 6.11. The van der Waals surface area contributed by atoms with E-state index in [9.17, 15) is 22.8 Å². The van der Waals surface area contributed by atoms with E-state index >= 15 is 0 Å². The van der Waals surface area contributed by atoms with E-state index in [0.717, 1.165) is 42.9 Å². The molecule has 1 unspecified atom stereocenters. The second-order valence-corrected chi connectivity index (χ2v) is 8.64. The van der Waals surface area contributed by atoms with Crippen LogP contribution in [0.2, 0.25) is 0 Å². The Morgan fingerprint density at radius 2 is 2.15 bits per heavy atom. The van der Waals surface area contributed by atoms with E-state index in [1.165, 1.54) is 23.2 Å². The second-order valence-electron chi connectivity index (χ2n) is 7.64. The number of piperidine rings is 1. The predicted octanol–water partition coefficient (Wildman–Crippen LogP) is 4.36. The van der Waals surface area contributed by atoms with Gasteiger partial charge in [0.05, 0.1) is 22.4 Å². The highest BCUT2D eigenvalue weighted by Crippen LogP contribution is 2.46. The standard InChI is InChI=1S/C21H18F3N5O3S/c22-21(23,24)32-13-5-1-4-12(9-13)29-14-6-8-26-19-15(14)16(28-20(29)31)17(33-19)18(30)27-11-3-2-7-25-10-11/h1,4-6,8-9,11,25H,2-3,7,10H2,(H,27,30)(H,28,31).